The molecule has 6 N–H and O–H groups in total. The number of hydrogen-bond donors (Lipinski definition) is 6. The lowest BCUT2D eigenvalue weighted by atomic mass is 9.84. The van der Waals surface area contributed by atoms with Crippen molar-refractivity contribution in [3.63, 3.8) is 0 Å². The molecular weight excluding hydrogens is 446 g/mol. The summed E-state index contributed by atoms with van der Waals surface area (Å²) >= 11 is 0. The molecule has 4 unspecified atom stereocenters. The van der Waals surface area contributed by atoms with Gasteiger partial charge in [0.05, 0.1) is 30.9 Å². The maximum absolute atomic E-state index is 12.1. The number of amides is 1. The van der Waals surface area contributed by atoms with Gasteiger partial charge in [0, 0.05) is 9.82 Å². The van der Waals surface area contributed by atoms with Crippen LogP contribution in [-0.2, 0) is 14.2 Å². The molecule has 186 valence electrons. The van der Waals surface area contributed by atoms with Crippen LogP contribution in [0, 0.1) is 0 Å². The topological polar surface area (TPSA) is 255 Å². The van der Waals surface area contributed by atoms with Gasteiger partial charge in [0.25, 0.3) is 0 Å². The van der Waals surface area contributed by atoms with Gasteiger partial charge < -0.3 is 45.1 Å². The minimum atomic E-state index is -1.72. The Kier molecular flexibility index (Phi) is 9.08. The summed E-state index contributed by atoms with van der Waals surface area (Å²) in [6.45, 7) is 4.21. The molecule has 10 atom stereocenters. The average Bonchev–Trinajstić information content (AvgIpc) is 2.72. The number of aliphatic hydroxyl groups excluding tert-OH is 5. The van der Waals surface area contributed by atoms with Crippen molar-refractivity contribution in [1.29, 1.82) is 0 Å². The average molecular weight is 475 g/mol. The molecule has 2 fully saturated rings. The van der Waals surface area contributed by atoms with Gasteiger partial charge in [-0.25, -0.2) is 4.79 Å². The summed E-state index contributed by atoms with van der Waals surface area (Å²) in [6.07, 6.45) is -11.9. The number of nitrogens with one attached hydrogen (secondary N) is 1. The largest absolute Gasteiger partial charge is 0.444 e. The first-order valence-corrected chi connectivity index (χ1v) is 10.2. The molecule has 1 heterocycles. The van der Waals surface area contributed by atoms with Crippen LogP contribution in [0.15, 0.2) is 10.2 Å². The fraction of sp³-hybridized carbons (Fsp3) is 0.941. The molecule has 2 aliphatic rings. The Morgan fingerprint density at radius 1 is 1.09 bits per heavy atom. The molecule has 33 heavy (non-hydrogen) atoms. The number of azide groups is 2. The smallest absolute Gasteiger partial charge is 0.407 e. The monoisotopic (exact) mass is 475 g/mol. The lowest BCUT2D eigenvalue weighted by molar-refractivity contribution is -0.294. The van der Waals surface area contributed by atoms with E-state index >= 15 is 0 Å². The lowest BCUT2D eigenvalue weighted by Gasteiger charge is -2.45. The minimum Gasteiger partial charge on any atom is -0.444 e. The van der Waals surface area contributed by atoms with E-state index in [4.69, 9.17) is 25.3 Å². The van der Waals surface area contributed by atoms with Crippen LogP contribution < -0.4 is 5.32 Å². The van der Waals surface area contributed by atoms with E-state index in [-0.39, 0.29) is 6.42 Å². The summed E-state index contributed by atoms with van der Waals surface area (Å²) in [4.78, 5) is 17.4. The summed E-state index contributed by atoms with van der Waals surface area (Å²) < 4.78 is 16.2. The Balaban J connectivity index is 2.24. The molecule has 0 aromatic heterocycles. The molecule has 16 heteroatoms. The molecular formula is C17H29N7O9. The highest BCUT2D eigenvalue weighted by Crippen LogP contribution is 2.31. The molecule has 1 amide bonds. The van der Waals surface area contributed by atoms with Crippen molar-refractivity contribution in [2.45, 2.75) is 93.8 Å². The summed E-state index contributed by atoms with van der Waals surface area (Å²) in [5.74, 6) is 0. The van der Waals surface area contributed by atoms with E-state index in [0.29, 0.717) is 0 Å². The van der Waals surface area contributed by atoms with E-state index in [2.05, 4.69) is 25.4 Å². The number of hydrogen-bond acceptors (Lipinski definition) is 11. The van der Waals surface area contributed by atoms with Crippen LogP contribution in [0.25, 0.3) is 20.9 Å². The van der Waals surface area contributed by atoms with Gasteiger partial charge in [-0.3, -0.25) is 0 Å². The maximum atomic E-state index is 12.1. The predicted molar refractivity (Wildman–Crippen MR) is 108 cm³/mol. The number of carbonyl (C=O) groups excluding carboxylic acids is 1. The van der Waals surface area contributed by atoms with Crippen LogP contribution in [0.5, 0.6) is 0 Å². The zero-order valence-corrected chi connectivity index (χ0v) is 18.2. The van der Waals surface area contributed by atoms with Crippen LogP contribution in [0.4, 0.5) is 4.79 Å². The zero-order valence-electron chi connectivity index (χ0n) is 18.2. The molecule has 2 rings (SSSR count). The van der Waals surface area contributed by atoms with Crippen LogP contribution in [-0.4, -0.2) is 105 Å². The summed E-state index contributed by atoms with van der Waals surface area (Å²) in [6, 6.07) is -3.69. The number of rotatable bonds is 6. The molecule has 0 spiro atoms. The second kappa shape index (κ2) is 11.2. The number of ether oxygens (including phenoxy) is 3. The predicted octanol–water partition coefficient (Wildman–Crippen LogP) is -0.813. The van der Waals surface area contributed by atoms with Crippen molar-refractivity contribution in [2.24, 2.45) is 10.2 Å². The van der Waals surface area contributed by atoms with Crippen LogP contribution in [0.2, 0.25) is 0 Å². The van der Waals surface area contributed by atoms with Gasteiger partial charge in [-0.2, -0.15) is 0 Å². The minimum absolute atomic E-state index is 0.167. The van der Waals surface area contributed by atoms with E-state index in [1.807, 2.05) is 0 Å². The standard InChI is InChI=1S/C17H29N7O9/c1-17(2,3)33-16(30)20-6-4-7(21-23-18)14(13(29)10(6)26)32-15-9(22-24-19)12(28)11(27)8(5-25)31-15/h6-15,25-29H,4-5H2,1-3H3,(H,20,30)/t6-,7?,8?,9?,10?,11+,12+,13+,14+,15+/m0/s1. The van der Waals surface area contributed by atoms with E-state index in [0.717, 1.165) is 0 Å². The van der Waals surface area contributed by atoms with Gasteiger partial charge in [0.15, 0.2) is 6.29 Å². The third-order valence-corrected chi connectivity index (χ3v) is 5.20. The first-order valence-electron chi connectivity index (χ1n) is 10.2. The van der Waals surface area contributed by atoms with E-state index < -0.39 is 79.3 Å². The second-order valence-corrected chi connectivity index (χ2v) is 8.74. The molecule has 1 saturated heterocycles. The molecule has 0 aromatic rings. The number of carbonyl (C=O) groups is 1. The maximum Gasteiger partial charge on any atom is 0.407 e. The third-order valence-electron chi connectivity index (χ3n) is 5.20. The van der Waals surface area contributed by atoms with Gasteiger partial charge >= 0.3 is 6.09 Å². The summed E-state index contributed by atoms with van der Waals surface area (Å²) in [7, 11) is 0. The number of aliphatic hydroxyl groups is 5. The molecule has 0 bridgehead atoms. The molecule has 1 aliphatic carbocycles. The van der Waals surface area contributed by atoms with Crippen LogP contribution in [0.3, 0.4) is 0 Å². The fourth-order valence-corrected chi connectivity index (χ4v) is 3.66. The summed E-state index contributed by atoms with van der Waals surface area (Å²) in [5.41, 5.74) is 16.9. The highest BCUT2D eigenvalue weighted by Gasteiger charge is 2.50. The zero-order chi connectivity index (χ0) is 24.9. The number of alkyl carbamates (subject to hydrolysis) is 1. The van der Waals surface area contributed by atoms with Crippen molar-refractivity contribution >= 4 is 6.09 Å². The van der Waals surface area contributed by atoms with E-state index in [1.54, 1.807) is 20.8 Å². The Bertz CT molecular complexity index is 783. The van der Waals surface area contributed by atoms with Crippen molar-refractivity contribution in [3.8, 4) is 0 Å². The van der Waals surface area contributed by atoms with Crippen molar-refractivity contribution in [3.05, 3.63) is 20.9 Å². The SMILES string of the molecule is CC(C)(C)OC(=O)N[C@H]1CC(N=[N+]=[N-])[C@@H](O[C@H]2OC(CO)[C@@H](O)[C@H](O)C2N=[N+]=[N-])[C@H](O)C1O. The van der Waals surface area contributed by atoms with Gasteiger partial charge in [-0.15, -0.1) is 0 Å². The highest BCUT2D eigenvalue weighted by atomic mass is 16.7. The second-order valence-electron chi connectivity index (χ2n) is 8.74. The Morgan fingerprint density at radius 2 is 1.73 bits per heavy atom. The van der Waals surface area contributed by atoms with Crippen molar-refractivity contribution < 1.29 is 44.5 Å². The first kappa shape index (κ1) is 26.9. The Morgan fingerprint density at radius 3 is 2.27 bits per heavy atom. The van der Waals surface area contributed by atoms with Crippen LogP contribution >= 0.6 is 0 Å². The fourth-order valence-electron chi connectivity index (χ4n) is 3.66. The Hall–Kier alpha value is -2.39. The van der Waals surface area contributed by atoms with Gasteiger partial charge in [0.2, 0.25) is 0 Å². The van der Waals surface area contributed by atoms with Crippen molar-refractivity contribution in [1.82, 2.24) is 5.32 Å². The Labute approximate surface area is 188 Å². The molecule has 16 nitrogen and oxygen atoms in total. The normalized spacial score (nSPS) is 39.0. The quantitative estimate of drug-likeness (QED) is 0.159. The van der Waals surface area contributed by atoms with E-state index in [1.165, 1.54) is 0 Å². The van der Waals surface area contributed by atoms with E-state index in [9.17, 15) is 30.3 Å². The summed E-state index contributed by atoms with van der Waals surface area (Å²) in [5, 5.41) is 60.2. The number of nitrogens with zero attached hydrogens (tertiary/aromatic N) is 6. The highest BCUT2D eigenvalue weighted by molar-refractivity contribution is 5.68. The molecule has 0 radical (unpaired) electrons. The first-order chi connectivity index (χ1) is 15.4. The van der Waals surface area contributed by atoms with Gasteiger partial charge in [-0.05, 0) is 38.3 Å². The molecule has 1 aliphatic heterocycles. The van der Waals surface area contributed by atoms with Crippen LogP contribution in [0.1, 0.15) is 27.2 Å². The van der Waals surface area contributed by atoms with Gasteiger partial charge in [0.1, 0.15) is 36.1 Å². The van der Waals surface area contributed by atoms with Gasteiger partial charge in [-0.1, -0.05) is 10.2 Å². The molecule has 1 saturated carbocycles. The van der Waals surface area contributed by atoms with Crippen molar-refractivity contribution in [2.75, 3.05) is 6.61 Å². The molecule has 0 aromatic carbocycles. The lowest BCUT2D eigenvalue weighted by Crippen LogP contribution is -2.64. The third kappa shape index (κ3) is 6.57.